The second-order valence-corrected chi connectivity index (χ2v) is 12.2. The summed E-state index contributed by atoms with van der Waals surface area (Å²) in [5, 5.41) is 43.0. The van der Waals surface area contributed by atoms with Crippen molar-refractivity contribution >= 4 is 5.91 Å². The number of aliphatic hydroxyl groups is 4. The van der Waals surface area contributed by atoms with E-state index in [-0.39, 0.29) is 12.5 Å². The van der Waals surface area contributed by atoms with E-state index >= 15 is 0 Å². The fourth-order valence-corrected chi connectivity index (χ4v) is 5.20. The van der Waals surface area contributed by atoms with Gasteiger partial charge in [-0.3, -0.25) is 4.79 Å². The van der Waals surface area contributed by atoms with E-state index in [0.717, 1.165) is 51.4 Å². The molecule has 0 saturated carbocycles. The Morgan fingerprint density at radius 3 is 1.74 bits per heavy atom. The van der Waals surface area contributed by atoms with Gasteiger partial charge in [0.05, 0.1) is 31.0 Å². The highest BCUT2D eigenvalue weighted by atomic mass is 16.3. The SMILES string of the molecule is CCCCC/C=C\C[C@H](O)[C@@H](O)CCCCCCCC(=O)N[C@@H](CO)[C@H](O)/C=C/CCCCCCCCCCCCC. The Hall–Kier alpha value is -1.21. The van der Waals surface area contributed by atoms with Gasteiger partial charge in [-0.25, -0.2) is 0 Å². The van der Waals surface area contributed by atoms with Gasteiger partial charge in [0.25, 0.3) is 0 Å². The maximum Gasteiger partial charge on any atom is 0.220 e. The maximum absolute atomic E-state index is 12.3. The van der Waals surface area contributed by atoms with Gasteiger partial charge in [0.2, 0.25) is 5.91 Å². The Labute approximate surface area is 259 Å². The Morgan fingerprint density at radius 1 is 0.619 bits per heavy atom. The number of amides is 1. The molecule has 4 atom stereocenters. The van der Waals surface area contributed by atoms with Crippen LogP contribution < -0.4 is 5.32 Å². The zero-order chi connectivity index (χ0) is 31.1. The lowest BCUT2D eigenvalue weighted by molar-refractivity contribution is -0.123. The van der Waals surface area contributed by atoms with Gasteiger partial charge in [0.15, 0.2) is 0 Å². The van der Waals surface area contributed by atoms with Crippen LogP contribution in [0.2, 0.25) is 0 Å². The van der Waals surface area contributed by atoms with Crippen molar-refractivity contribution in [2.75, 3.05) is 6.61 Å². The zero-order valence-corrected chi connectivity index (χ0v) is 27.5. The third-order valence-corrected chi connectivity index (χ3v) is 8.13. The van der Waals surface area contributed by atoms with Crippen LogP contribution in [-0.2, 0) is 4.79 Å². The molecule has 0 aromatic carbocycles. The molecule has 0 aromatic heterocycles. The van der Waals surface area contributed by atoms with Crippen LogP contribution in [-0.4, -0.2) is 57.3 Å². The summed E-state index contributed by atoms with van der Waals surface area (Å²) in [6.45, 7) is 4.14. The maximum atomic E-state index is 12.3. The van der Waals surface area contributed by atoms with Crippen molar-refractivity contribution in [3.63, 3.8) is 0 Å². The molecule has 0 bridgehead atoms. The van der Waals surface area contributed by atoms with Crippen molar-refractivity contribution in [1.82, 2.24) is 5.32 Å². The van der Waals surface area contributed by atoms with Crippen LogP contribution in [0, 0.1) is 0 Å². The van der Waals surface area contributed by atoms with Crippen molar-refractivity contribution in [2.45, 2.75) is 192 Å². The Kier molecular flexibility index (Phi) is 30.3. The van der Waals surface area contributed by atoms with Crippen LogP contribution in [0.1, 0.15) is 168 Å². The summed E-state index contributed by atoms with van der Waals surface area (Å²) in [4.78, 5) is 12.3. The lowest BCUT2D eigenvalue weighted by atomic mass is 10.0. The number of rotatable bonds is 31. The van der Waals surface area contributed by atoms with Crippen LogP contribution in [0.4, 0.5) is 0 Å². The lowest BCUT2D eigenvalue weighted by Gasteiger charge is -2.20. The Balaban J connectivity index is 3.80. The fraction of sp³-hybridized carbons (Fsp3) is 0.861. The summed E-state index contributed by atoms with van der Waals surface area (Å²) in [7, 11) is 0. The van der Waals surface area contributed by atoms with Crippen LogP contribution in [0.15, 0.2) is 24.3 Å². The van der Waals surface area contributed by atoms with E-state index in [2.05, 4.69) is 25.2 Å². The number of nitrogens with one attached hydrogen (secondary N) is 1. The van der Waals surface area contributed by atoms with Crippen LogP contribution in [0.5, 0.6) is 0 Å². The van der Waals surface area contributed by atoms with E-state index < -0.39 is 24.4 Å². The molecule has 0 rings (SSSR count). The normalized spacial score (nSPS) is 14.9. The van der Waals surface area contributed by atoms with Crippen LogP contribution >= 0.6 is 0 Å². The quantitative estimate of drug-likeness (QED) is 0.0411. The monoisotopic (exact) mass is 596 g/mol. The predicted molar refractivity (Wildman–Crippen MR) is 177 cm³/mol. The largest absolute Gasteiger partial charge is 0.394 e. The topological polar surface area (TPSA) is 110 Å². The van der Waals surface area contributed by atoms with E-state index in [0.29, 0.717) is 19.3 Å². The zero-order valence-electron chi connectivity index (χ0n) is 27.5. The van der Waals surface area contributed by atoms with Gasteiger partial charge in [-0.2, -0.15) is 0 Å². The van der Waals surface area contributed by atoms with Gasteiger partial charge in [0.1, 0.15) is 0 Å². The summed E-state index contributed by atoms with van der Waals surface area (Å²) >= 11 is 0. The summed E-state index contributed by atoms with van der Waals surface area (Å²) in [6.07, 6.45) is 31.3. The molecular weight excluding hydrogens is 526 g/mol. The molecule has 0 radical (unpaired) electrons. The average Bonchev–Trinajstić information content (AvgIpc) is 2.99. The Bertz CT molecular complexity index is 638. The number of hydrogen-bond donors (Lipinski definition) is 5. The van der Waals surface area contributed by atoms with E-state index in [1.165, 1.54) is 83.5 Å². The minimum absolute atomic E-state index is 0.145. The first kappa shape index (κ1) is 40.8. The second kappa shape index (κ2) is 31.2. The molecule has 0 aliphatic heterocycles. The van der Waals surface area contributed by atoms with Gasteiger partial charge in [-0.15, -0.1) is 0 Å². The van der Waals surface area contributed by atoms with Gasteiger partial charge in [0, 0.05) is 6.42 Å². The molecule has 0 aliphatic carbocycles. The van der Waals surface area contributed by atoms with E-state index in [4.69, 9.17) is 0 Å². The second-order valence-electron chi connectivity index (χ2n) is 12.2. The number of hydrogen-bond acceptors (Lipinski definition) is 5. The molecule has 6 nitrogen and oxygen atoms in total. The van der Waals surface area contributed by atoms with Crippen molar-refractivity contribution in [3.8, 4) is 0 Å². The molecule has 5 N–H and O–H groups in total. The predicted octanol–water partition coefficient (Wildman–Crippen LogP) is 8.06. The van der Waals surface area contributed by atoms with Gasteiger partial charge in [-0.05, 0) is 44.9 Å². The van der Waals surface area contributed by atoms with E-state index in [1.807, 2.05) is 12.2 Å². The third kappa shape index (κ3) is 26.4. The number of carbonyl (C=O) groups excluding carboxylic acids is 1. The summed E-state index contributed by atoms with van der Waals surface area (Å²) < 4.78 is 0. The van der Waals surface area contributed by atoms with Crippen LogP contribution in [0.25, 0.3) is 0 Å². The van der Waals surface area contributed by atoms with Crippen molar-refractivity contribution in [2.24, 2.45) is 0 Å². The van der Waals surface area contributed by atoms with Crippen LogP contribution in [0.3, 0.4) is 0 Å². The average molecular weight is 596 g/mol. The minimum atomic E-state index is -0.884. The summed E-state index contributed by atoms with van der Waals surface area (Å²) in [6, 6.07) is -0.676. The number of allylic oxidation sites excluding steroid dienone is 2. The molecule has 0 aliphatic rings. The fourth-order valence-electron chi connectivity index (χ4n) is 5.20. The molecule has 1 amide bonds. The van der Waals surface area contributed by atoms with Crippen molar-refractivity contribution in [1.29, 1.82) is 0 Å². The summed E-state index contributed by atoms with van der Waals surface area (Å²) in [5.41, 5.74) is 0. The molecule has 0 aromatic rings. The molecular formula is C36H69NO5. The van der Waals surface area contributed by atoms with Crippen molar-refractivity contribution in [3.05, 3.63) is 24.3 Å². The first-order chi connectivity index (χ1) is 20.5. The first-order valence-corrected chi connectivity index (χ1v) is 17.7. The molecule has 0 heterocycles. The van der Waals surface area contributed by atoms with Crippen molar-refractivity contribution < 1.29 is 25.2 Å². The Morgan fingerprint density at radius 2 is 1.12 bits per heavy atom. The minimum Gasteiger partial charge on any atom is -0.394 e. The molecule has 0 spiro atoms. The molecule has 0 saturated heterocycles. The molecule has 0 fully saturated rings. The molecule has 42 heavy (non-hydrogen) atoms. The highest BCUT2D eigenvalue weighted by molar-refractivity contribution is 5.76. The highest BCUT2D eigenvalue weighted by Gasteiger charge is 2.18. The lowest BCUT2D eigenvalue weighted by Crippen LogP contribution is -2.45. The van der Waals surface area contributed by atoms with Gasteiger partial charge >= 0.3 is 0 Å². The smallest absolute Gasteiger partial charge is 0.220 e. The number of aliphatic hydroxyl groups excluding tert-OH is 4. The van der Waals surface area contributed by atoms with E-state index in [1.54, 1.807) is 6.08 Å². The number of carbonyl (C=O) groups is 1. The van der Waals surface area contributed by atoms with Gasteiger partial charge < -0.3 is 25.7 Å². The molecule has 248 valence electrons. The summed E-state index contributed by atoms with van der Waals surface area (Å²) in [5.74, 6) is -0.145. The van der Waals surface area contributed by atoms with E-state index in [9.17, 15) is 25.2 Å². The first-order valence-electron chi connectivity index (χ1n) is 17.7. The molecule has 6 heteroatoms. The van der Waals surface area contributed by atoms with Gasteiger partial charge in [-0.1, -0.05) is 141 Å². The highest BCUT2D eigenvalue weighted by Crippen LogP contribution is 2.14. The third-order valence-electron chi connectivity index (χ3n) is 8.13. The standard InChI is InChI=1S/C36H69NO5/c1-3-5-7-9-11-12-13-14-15-16-17-20-23-27-33(39)32(31-38)37-36(42)30-26-22-18-21-25-29-35(41)34(40)28-24-19-10-8-6-4-2/h19,23-24,27,32-35,38-41H,3-18,20-22,25-26,28-31H2,1-2H3,(H,37,42)/b24-19-,27-23+/t32-,33+,34-,35-/m0/s1. The number of unbranched alkanes of at least 4 members (excludes halogenated alkanes) is 18. The molecule has 0 unspecified atom stereocenters.